The third-order valence-corrected chi connectivity index (χ3v) is 3.75. The van der Waals surface area contributed by atoms with E-state index in [-0.39, 0.29) is 12.2 Å². The molecule has 1 heterocycles. The fraction of sp³-hybridized carbons (Fsp3) is 0.150. The maximum Gasteiger partial charge on any atom is 0.338 e. The summed E-state index contributed by atoms with van der Waals surface area (Å²) < 4.78 is 24.9. The van der Waals surface area contributed by atoms with E-state index in [0.717, 1.165) is 16.8 Å². The molecule has 0 aliphatic heterocycles. The Balaban J connectivity index is 1.68. The van der Waals surface area contributed by atoms with Gasteiger partial charge in [0.15, 0.2) is 0 Å². The number of benzene rings is 2. The van der Waals surface area contributed by atoms with Gasteiger partial charge in [-0.1, -0.05) is 12.1 Å². The van der Waals surface area contributed by atoms with Gasteiger partial charge in [0.05, 0.1) is 11.3 Å². The van der Waals surface area contributed by atoms with Crippen LogP contribution in [0.1, 0.15) is 17.3 Å². The summed E-state index contributed by atoms with van der Waals surface area (Å²) in [6.45, 7) is 1.68. The van der Waals surface area contributed by atoms with Crippen molar-refractivity contribution in [3.8, 4) is 11.4 Å². The molecule has 1 N–H and O–H groups in total. The van der Waals surface area contributed by atoms with Gasteiger partial charge < -0.3 is 9.47 Å². The number of rotatable bonds is 6. The molecule has 0 bridgehead atoms. The second kappa shape index (κ2) is 8.34. The van der Waals surface area contributed by atoms with Gasteiger partial charge in [-0.25, -0.2) is 13.9 Å². The van der Waals surface area contributed by atoms with Crippen LogP contribution in [0.2, 0.25) is 0 Å². The molecule has 0 saturated carbocycles. The van der Waals surface area contributed by atoms with Gasteiger partial charge >= 0.3 is 5.97 Å². The molecule has 1 aromatic heterocycles. The first-order valence-corrected chi connectivity index (χ1v) is 8.44. The Labute approximate surface area is 159 Å². The Bertz CT molecular complexity index is 1110. The number of hydrogen-bond donors (Lipinski definition) is 1. The summed E-state index contributed by atoms with van der Waals surface area (Å²) in [5.41, 5.74) is -0.370. The van der Waals surface area contributed by atoms with Crippen LogP contribution in [0.5, 0.6) is 5.75 Å². The molecule has 0 aliphatic rings. The second-order valence-electron chi connectivity index (χ2n) is 6.02. The van der Waals surface area contributed by atoms with E-state index in [2.05, 4.69) is 5.10 Å². The summed E-state index contributed by atoms with van der Waals surface area (Å²) in [5.74, 6) is -0.714. The van der Waals surface area contributed by atoms with Crippen LogP contribution in [-0.4, -0.2) is 28.5 Å². The molecule has 0 aliphatic carbocycles. The van der Waals surface area contributed by atoms with Crippen molar-refractivity contribution in [3.05, 3.63) is 92.8 Å². The van der Waals surface area contributed by atoms with Crippen molar-refractivity contribution < 1.29 is 18.7 Å². The van der Waals surface area contributed by atoms with E-state index >= 15 is 0 Å². The molecule has 7 nitrogen and oxygen atoms in total. The number of nitrogens with one attached hydrogen (secondary N) is 1. The molecule has 28 heavy (non-hydrogen) atoms. The molecule has 3 rings (SSSR count). The van der Waals surface area contributed by atoms with E-state index in [9.17, 15) is 18.8 Å². The smallest absolute Gasteiger partial charge is 0.338 e. The van der Waals surface area contributed by atoms with Crippen molar-refractivity contribution in [1.29, 1.82) is 0 Å². The highest BCUT2D eigenvalue weighted by molar-refractivity contribution is 5.90. The van der Waals surface area contributed by atoms with E-state index < -0.39 is 29.0 Å². The molecule has 0 amide bonds. The summed E-state index contributed by atoms with van der Waals surface area (Å²) in [5, 5.41) is 2.39. The van der Waals surface area contributed by atoms with Crippen LogP contribution in [0.15, 0.2) is 70.3 Å². The van der Waals surface area contributed by atoms with Crippen LogP contribution < -0.4 is 15.9 Å². The molecule has 0 fully saturated rings. The quantitative estimate of drug-likeness (QED) is 0.659. The Morgan fingerprint density at radius 2 is 1.89 bits per heavy atom. The van der Waals surface area contributed by atoms with Gasteiger partial charge in [0.2, 0.25) is 0 Å². The third kappa shape index (κ3) is 4.73. The minimum atomic E-state index is -0.622. The molecule has 0 radical (unpaired) electrons. The van der Waals surface area contributed by atoms with Gasteiger partial charge in [0.25, 0.3) is 11.1 Å². The number of carbonyl (C=O) groups is 1. The van der Waals surface area contributed by atoms with Gasteiger partial charge in [-0.2, -0.15) is 0 Å². The van der Waals surface area contributed by atoms with Gasteiger partial charge in [-0.3, -0.25) is 14.7 Å². The first kappa shape index (κ1) is 19.1. The average molecular weight is 384 g/mol. The van der Waals surface area contributed by atoms with Crippen LogP contribution >= 0.6 is 0 Å². The van der Waals surface area contributed by atoms with Crippen molar-refractivity contribution in [2.45, 2.75) is 13.0 Å². The number of esters is 1. The first-order valence-electron chi connectivity index (χ1n) is 8.44. The maximum atomic E-state index is 13.1. The monoisotopic (exact) mass is 384 g/mol. The zero-order valence-electron chi connectivity index (χ0n) is 14.9. The second-order valence-corrected chi connectivity index (χ2v) is 6.02. The number of aromatic amines is 1. The highest BCUT2D eigenvalue weighted by Gasteiger charge is 2.14. The number of carbonyl (C=O) groups excluding carboxylic acids is 1. The first-order chi connectivity index (χ1) is 13.4. The molecule has 144 valence electrons. The highest BCUT2D eigenvalue weighted by Crippen LogP contribution is 2.14. The Kier molecular flexibility index (Phi) is 5.69. The van der Waals surface area contributed by atoms with Crippen molar-refractivity contribution >= 4 is 5.97 Å². The molecule has 2 aromatic carbocycles. The van der Waals surface area contributed by atoms with E-state index in [0.29, 0.717) is 11.4 Å². The minimum absolute atomic E-state index is 0.0420. The third-order valence-electron chi connectivity index (χ3n) is 3.75. The molecule has 1 unspecified atom stereocenters. The van der Waals surface area contributed by atoms with Crippen LogP contribution in [0, 0.1) is 5.82 Å². The SMILES string of the molecule is CC(COc1cccc(F)c1)OC(=O)c1cccc(-n2[nH]c(=O)ccc2=O)c1. The fourth-order valence-corrected chi connectivity index (χ4v) is 2.44. The van der Waals surface area contributed by atoms with Crippen molar-refractivity contribution in [3.63, 3.8) is 0 Å². The zero-order chi connectivity index (χ0) is 20.1. The molecule has 8 heteroatoms. The Morgan fingerprint density at radius 1 is 1.11 bits per heavy atom. The summed E-state index contributed by atoms with van der Waals surface area (Å²) >= 11 is 0. The predicted molar refractivity (Wildman–Crippen MR) is 99.4 cm³/mol. The summed E-state index contributed by atoms with van der Waals surface area (Å²) in [6, 6.07) is 14.0. The summed E-state index contributed by atoms with van der Waals surface area (Å²) in [4.78, 5) is 35.7. The van der Waals surface area contributed by atoms with E-state index in [1.54, 1.807) is 25.1 Å². The molecule has 0 spiro atoms. The highest BCUT2D eigenvalue weighted by atomic mass is 19.1. The molecule has 0 saturated heterocycles. The lowest BCUT2D eigenvalue weighted by Crippen LogP contribution is -2.26. The zero-order valence-corrected chi connectivity index (χ0v) is 14.9. The molecular weight excluding hydrogens is 367 g/mol. The molecule has 3 aromatic rings. The molecular formula is C20H17FN2O5. The van der Waals surface area contributed by atoms with Crippen molar-refractivity contribution in [2.75, 3.05) is 6.61 Å². The fourth-order valence-electron chi connectivity index (χ4n) is 2.44. The maximum absolute atomic E-state index is 13.1. The number of nitrogens with zero attached hydrogens (tertiary/aromatic N) is 1. The number of ether oxygens (including phenoxy) is 2. The van der Waals surface area contributed by atoms with Crippen LogP contribution in [0.3, 0.4) is 0 Å². The lowest BCUT2D eigenvalue weighted by Gasteiger charge is -2.15. The van der Waals surface area contributed by atoms with Gasteiger partial charge in [0.1, 0.15) is 24.3 Å². The van der Waals surface area contributed by atoms with E-state index in [4.69, 9.17) is 9.47 Å². The topological polar surface area (TPSA) is 90.4 Å². The molecule has 1 atom stereocenters. The van der Waals surface area contributed by atoms with Crippen molar-refractivity contribution in [1.82, 2.24) is 9.78 Å². The lowest BCUT2D eigenvalue weighted by atomic mass is 10.2. The Hall–Kier alpha value is -3.68. The standard InChI is InChI=1S/C20H17FN2O5/c1-13(12-27-17-7-3-5-15(21)11-17)28-20(26)14-4-2-6-16(10-14)23-19(25)9-8-18(24)22-23/h2-11,13H,12H2,1H3,(H,22,24). The largest absolute Gasteiger partial charge is 0.490 e. The lowest BCUT2D eigenvalue weighted by molar-refractivity contribution is 0.0228. The van der Waals surface area contributed by atoms with Crippen LogP contribution in [-0.2, 0) is 4.74 Å². The number of H-pyrrole nitrogens is 1. The van der Waals surface area contributed by atoms with E-state index in [1.165, 1.54) is 30.3 Å². The van der Waals surface area contributed by atoms with E-state index in [1.807, 2.05) is 0 Å². The summed E-state index contributed by atoms with van der Waals surface area (Å²) in [7, 11) is 0. The summed E-state index contributed by atoms with van der Waals surface area (Å²) in [6.07, 6.45) is -0.598. The van der Waals surface area contributed by atoms with Gasteiger partial charge in [0, 0.05) is 18.2 Å². The predicted octanol–water partition coefficient (Wildman–Crippen LogP) is 2.29. The number of aromatic nitrogens is 2. The number of halogens is 1. The van der Waals surface area contributed by atoms with Crippen molar-refractivity contribution in [2.24, 2.45) is 0 Å². The van der Waals surface area contributed by atoms with Crippen LogP contribution in [0.25, 0.3) is 5.69 Å². The van der Waals surface area contributed by atoms with Gasteiger partial charge in [-0.15, -0.1) is 0 Å². The van der Waals surface area contributed by atoms with Gasteiger partial charge in [-0.05, 0) is 37.3 Å². The number of hydrogen-bond acceptors (Lipinski definition) is 5. The van der Waals surface area contributed by atoms with Crippen LogP contribution in [0.4, 0.5) is 4.39 Å². The normalized spacial score (nSPS) is 11.6. The Morgan fingerprint density at radius 3 is 2.68 bits per heavy atom. The minimum Gasteiger partial charge on any atom is -0.490 e. The average Bonchev–Trinajstić information content (AvgIpc) is 2.68.